The molecule has 1 saturated heterocycles. The third-order valence-corrected chi connectivity index (χ3v) is 3.42. The molecule has 0 spiro atoms. The standard InChI is InChI=1S/C14H20N2OS/c1-10-8-16(9-11(2)17-10)13(14(15)18)12-6-4-3-5-7-12/h3-7,10-11,13H,8-9H2,1-2H3,(H2,15,18). The van der Waals surface area contributed by atoms with Crippen LogP contribution in [0.3, 0.4) is 0 Å². The normalized spacial score (nSPS) is 26.8. The lowest BCUT2D eigenvalue weighted by Gasteiger charge is -2.40. The fourth-order valence-corrected chi connectivity index (χ4v) is 2.90. The van der Waals surface area contributed by atoms with E-state index in [1.165, 1.54) is 0 Å². The molecule has 4 heteroatoms. The van der Waals surface area contributed by atoms with Crippen LogP contribution in [0.5, 0.6) is 0 Å². The summed E-state index contributed by atoms with van der Waals surface area (Å²) in [6, 6.07) is 10.2. The Hall–Kier alpha value is -0.970. The van der Waals surface area contributed by atoms with Crippen LogP contribution in [0.15, 0.2) is 30.3 Å². The van der Waals surface area contributed by atoms with Crippen molar-refractivity contribution >= 4 is 17.2 Å². The van der Waals surface area contributed by atoms with Gasteiger partial charge in [-0.2, -0.15) is 0 Å². The van der Waals surface area contributed by atoms with Crippen LogP contribution in [0.25, 0.3) is 0 Å². The van der Waals surface area contributed by atoms with E-state index >= 15 is 0 Å². The first-order chi connectivity index (χ1) is 8.58. The Morgan fingerprint density at radius 3 is 2.33 bits per heavy atom. The highest BCUT2D eigenvalue weighted by Gasteiger charge is 2.30. The molecule has 0 amide bonds. The van der Waals surface area contributed by atoms with E-state index in [4.69, 9.17) is 22.7 Å². The lowest BCUT2D eigenvalue weighted by atomic mass is 10.0. The molecule has 3 nitrogen and oxygen atoms in total. The van der Waals surface area contributed by atoms with Crippen molar-refractivity contribution in [1.82, 2.24) is 4.90 Å². The first-order valence-electron chi connectivity index (χ1n) is 6.31. The lowest BCUT2D eigenvalue weighted by molar-refractivity contribution is -0.0736. The summed E-state index contributed by atoms with van der Waals surface area (Å²) in [4.78, 5) is 2.85. The first kappa shape index (κ1) is 13.5. The Balaban J connectivity index is 2.23. The van der Waals surface area contributed by atoms with Crippen molar-refractivity contribution in [2.45, 2.75) is 32.1 Å². The van der Waals surface area contributed by atoms with Gasteiger partial charge in [-0.15, -0.1) is 0 Å². The van der Waals surface area contributed by atoms with E-state index in [0.29, 0.717) is 4.99 Å². The van der Waals surface area contributed by atoms with Crippen molar-refractivity contribution in [3.05, 3.63) is 35.9 Å². The van der Waals surface area contributed by atoms with Crippen LogP contribution in [0, 0.1) is 0 Å². The van der Waals surface area contributed by atoms with Gasteiger partial charge in [0.2, 0.25) is 0 Å². The van der Waals surface area contributed by atoms with Gasteiger partial charge in [0.15, 0.2) is 0 Å². The van der Waals surface area contributed by atoms with E-state index in [2.05, 4.69) is 30.9 Å². The van der Waals surface area contributed by atoms with Crippen molar-refractivity contribution in [3.63, 3.8) is 0 Å². The zero-order valence-electron chi connectivity index (χ0n) is 10.9. The van der Waals surface area contributed by atoms with Crippen LogP contribution in [0.1, 0.15) is 25.5 Å². The molecular formula is C14H20N2OS. The van der Waals surface area contributed by atoms with Crippen LogP contribution in [0.4, 0.5) is 0 Å². The second-order valence-electron chi connectivity index (χ2n) is 4.93. The van der Waals surface area contributed by atoms with E-state index in [9.17, 15) is 0 Å². The molecule has 2 N–H and O–H groups in total. The molecule has 1 aromatic carbocycles. The van der Waals surface area contributed by atoms with Crippen LogP contribution in [0.2, 0.25) is 0 Å². The lowest BCUT2D eigenvalue weighted by Crippen LogP contribution is -2.49. The van der Waals surface area contributed by atoms with E-state index in [0.717, 1.165) is 18.7 Å². The Morgan fingerprint density at radius 2 is 1.83 bits per heavy atom. The van der Waals surface area contributed by atoms with Gasteiger partial charge in [-0.1, -0.05) is 42.5 Å². The Labute approximate surface area is 114 Å². The summed E-state index contributed by atoms with van der Waals surface area (Å²) in [5.74, 6) is 0. The van der Waals surface area contributed by atoms with Crippen molar-refractivity contribution in [2.75, 3.05) is 13.1 Å². The van der Waals surface area contributed by atoms with Gasteiger partial charge in [0.25, 0.3) is 0 Å². The maximum absolute atomic E-state index is 5.94. The molecule has 0 radical (unpaired) electrons. The Kier molecular flexibility index (Phi) is 4.32. The molecule has 1 aliphatic heterocycles. The summed E-state index contributed by atoms with van der Waals surface area (Å²) in [6.45, 7) is 5.90. The molecule has 0 bridgehead atoms. The predicted octanol–water partition coefficient (Wildman–Crippen LogP) is 2.12. The number of thiocarbonyl (C=S) groups is 1. The minimum atomic E-state index is 0.00926. The summed E-state index contributed by atoms with van der Waals surface area (Å²) < 4.78 is 5.76. The molecule has 3 unspecified atom stereocenters. The van der Waals surface area contributed by atoms with Gasteiger partial charge in [0.05, 0.1) is 23.2 Å². The summed E-state index contributed by atoms with van der Waals surface area (Å²) in [7, 11) is 0. The van der Waals surface area contributed by atoms with E-state index in [-0.39, 0.29) is 18.2 Å². The Morgan fingerprint density at radius 1 is 1.28 bits per heavy atom. The van der Waals surface area contributed by atoms with Crippen LogP contribution in [-0.2, 0) is 4.74 Å². The molecular weight excluding hydrogens is 244 g/mol. The molecule has 2 rings (SSSR count). The summed E-state index contributed by atoms with van der Waals surface area (Å²) in [5, 5.41) is 0. The molecule has 0 saturated carbocycles. The fraction of sp³-hybridized carbons (Fsp3) is 0.500. The minimum absolute atomic E-state index is 0.00926. The third kappa shape index (κ3) is 3.07. The quantitative estimate of drug-likeness (QED) is 0.849. The first-order valence-corrected chi connectivity index (χ1v) is 6.72. The largest absolute Gasteiger partial charge is 0.392 e. The van der Waals surface area contributed by atoms with E-state index in [1.807, 2.05) is 18.2 Å². The fourth-order valence-electron chi connectivity index (χ4n) is 2.62. The molecule has 18 heavy (non-hydrogen) atoms. The number of nitrogens with two attached hydrogens (primary N) is 1. The van der Waals surface area contributed by atoms with Gasteiger partial charge < -0.3 is 10.5 Å². The van der Waals surface area contributed by atoms with Crippen molar-refractivity contribution in [2.24, 2.45) is 5.73 Å². The van der Waals surface area contributed by atoms with E-state index < -0.39 is 0 Å². The summed E-state index contributed by atoms with van der Waals surface area (Å²) >= 11 is 5.25. The Bertz CT molecular complexity index is 400. The van der Waals surface area contributed by atoms with Crippen molar-refractivity contribution < 1.29 is 4.74 Å². The predicted molar refractivity (Wildman–Crippen MR) is 77.6 cm³/mol. The molecule has 0 aliphatic carbocycles. The molecule has 1 aromatic rings. The number of morpholine rings is 1. The van der Waals surface area contributed by atoms with Gasteiger partial charge in [0, 0.05) is 13.1 Å². The highest BCUT2D eigenvalue weighted by molar-refractivity contribution is 7.80. The van der Waals surface area contributed by atoms with Crippen LogP contribution in [-0.4, -0.2) is 35.2 Å². The van der Waals surface area contributed by atoms with Crippen LogP contribution >= 0.6 is 12.2 Å². The SMILES string of the molecule is CC1CN(C(C(N)=S)c2ccccc2)CC(C)O1. The summed E-state index contributed by atoms with van der Waals surface area (Å²) in [5.41, 5.74) is 7.10. The molecule has 1 aliphatic rings. The number of rotatable bonds is 3. The number of benzene rings is 1. The van der Waals surface area contributed by atoms with Gasteiger partial charge in [0.1, 0.15) is 0 Å². The van der Waals surface area contributed by atoms with Crippen LogP contribution < -0.4 is 5.73 Å². The summed E-state index contributed by atoms with van der Waals surface area (Å²) in [6.07, 6.45) is 0.434. The van der Waals surface area contributed by atoms with Gasteiger partial charge in [-0.3, -0.25) is 4.90 Å². The second-order valence-corrected chi connectivity index (χ2v) is 5.40. The van der Waals surface area contributed by atoms with Gasteiger partial charge in [-0.05, 0) is 19.4 Å². The topological polar surface area (TPSA) is 38.5 Å². The highest BCUT2D eigenvalue weighted by atomic mass is 32.1. The maximum atomic E-state index is 5.94. The highest BCUT2D eigenvalue weighted by Crippen LogP contribution is 2.25. The molecule has 1 fully saturated rings. The smallest absolute Gasteiger partial charge is 0.0948 e. The second kappa shape index (κ2) is 5.78. The maximum Gasteiger partial charge on any atom is 0.0948 e. The van der Waals surface area contributed by atoms with E-state index in [1.54, 1.807) is 0 Å². The molecule has 1 heterocycles. The third-order valence-electron chi connectivity index (χ3n) is 3.20. The molecule has 3 atom stereocenters. The van der Waals surface area contributed by atoms with Crippen molar-refractivity contribution in [3.8, 4) is 0 Å². The zero-order valence-corrected chi connectivity index (χ0v) is 11.7. The average Bonchev–Trinajstić information content (AvgIpc) is 2.28. The van der Waals surface area contributed by atoms with Crippen molar-refractivity contribution in [1.29, 1.82) is 0 Å². The average molecular weight is 264 g/mol. The number of nitrogens with zero attached hydrogens (tertiary/aromatic N) is 1. The number of hydrogen-bond acceptors (Lipinski definition) is 3. The number of hydrogen-bond donors (Lipinski definition) is 1. The molecule has 0 aromatic heterocycles. The van der Waals surface area contributed by atoms with Gasteiger partial charge >= 0.3 is 0 Å². The molecule has 98 valence electrons. The minimum Gasteiger partial charge on any atom is -0.392 e. The number of ether oxygens (including phenoxy) is 1. The van der Waals surface area contributed by atoms with Gasteiger partial charge in [-0.25, -0.2) is 0 Å². The monoisotopic (exact) mass is 264 g/mol. The zero-order chi connectivity index (χ0) is 13.1.